The minimum absolute atomic E-state index is 0.361. The van der Waals surface area contributed by atoms with Crippen LogP contribution in [0.2, 0.25) is 0 Å². The maximum atomic E-state index is 5.65. The summed E-state index contributed by atoms with van der Waals surface area (Å²) in [6.45, 7) is 5.07. The molecule has 0 aliphatic heterocycles. The second kappa shape index (κ2) is 4.26. The van der Waals surface area contributed by atoms with E-state index in [0.717, 1.165) is 6.42 Å². The largest absolute Gasteiger partial charge is 0.328 e. The van der Waals surface area contributed by atoms with Crippen LogP contribution in [0.1, 0.15) is 26.3 Å². The molecule has 1 atom stereocenters. The van der Waals surface area contributed by atoms with Crippen LogP contribution >= 0.6 is 0 Å². The third-order valence-electron chi connectivity index (χ3n) is 1.91. The van der Waals surface area contributed by atoms with Gasteiger partial charge < -0.3 is 5.73 Å². The van der Waals surface area contributed by atoms with Gasteiger partial charge in [0.05, 0.1) is 6.04 Å². The lowest BCUT2D eigenvalue weighted by molar-refractivity contribution is 0.379. The maximum Gasteiger partial charge on any atom is 0.0643 e. The van der Waals surface area contributed by atoms with Crippen molar-refractivity contribution in [3.05, 3.63) is 18.5 Å². The van der Waals surface area contributed by atoms with Crippen LogP contribution in [0.5, 0.6) is 0 Å². The normalized spacial score (nSPS) is 13.7. The highest BCUT2D eigenvalue weighted by Gasteiger charge is 2.10. The van der Waals surface area contributed by atoms with E-state index in [4.69, 9.17) is 5.73 Å². The maximum absolute atomic E-state index is 5.65. The fourth-order valence-electron chi connectivity index (χ4n) is 1.35. The van der Waals surface area contributed by atoms with Crippen LogP contribution in [0.25, 0.3) is 0 Å². The average Bonchev–Trinajstić information content (AvgIpc) is 2.51. The molecule has 0 fully saturated rings. The molecular weight excluding hydrogens is 150 g/mol. The van der Waals surface area contributed by atoms with Gasteiger partial charge in [-0.3, -0.25) is 4.68 Å². The van der Waals surface area contributed by atoms with Crippen molar-refractivity contribution in [3.8, 4) is 0 Å². The smallest absolute Gasteiger partial charge is 0.0643 e. The molecule has 1 unspecified atom stereocenters. The highest BCUT2D eigenvalue weighted by atomic mass is 15.3. The van der Waals surface area contributed by atoms with Crippen molar-refractivity contribution in [2.75, 3.05) is 6.54 Å². The van der Waals surface area contributed by atoms with Crippen LogP contribution in [-0.4, -0.2) is 16.3 Å². The summed E-state index contributed by atoms with van der Waals surface area (Å²) in [5.74, 6) is 0.669. The van der Waals surface area contributed by atoms with Gasteiger partial charge in [-0.1, -0.05) is 13.8 Å². The fourth-order valence-corrected chi connectivity index (χ4v) is 1.35. The van der Waals surface area contributed by atoms with Crippen LogP contribution in [0.3, 0.4) is 0 Å². The van der Waals surface area contributed by atoms with Gasteiger partial charge in [-0.15, -0.1) is 0 Å². The van der Waals surface area contributed by atoms with Gasteiger partial charge >= 0.3 is 0 Å². The van der Waals surface area contributed by atoms with Crippen molar-refractivity contribution in [1.29, 1.82) is 0 Å². The molecule has 0 aliphatic rings. The summed E-state index contributed by atoms with van der Waals surface area (Å²) < 4.78 is 1.94. The summed E-state index contributed by atoms with van der Waals surface area (Å²) in [5.41, 5.74) is 5.65. The van der Waals surface area contributed by atoms with Gasteiger partial charge in [0.2, 0.25) is 0 Å². The highest BCUT2D eigenvalue weighted by molar-refractivity contribution is 4.82. The molecule has 68 valence electrons. The lowest BCUT2D eigenvalue weighted by atomic mass is 10.0. The number of rotatable bonds is 4. The zero-order valence-corrected chi connectivity index (χ0v) is 7.77. The van der Waals surface area contributed by atoms with E-state index in [1.165, 1.54) is 0 Å². The molecule has 1 rings (SSSR count). The Balaban J connectivity index is 2.57. The lowest BCUT2D eigenvalue weighted by Crippen LogP contribution is -2.21. The third-order valence-corrected chi connectivity index (χ3v) is 1.91. The van der Waals surface area contributed by atoms with Crippen LogP contribution < -0.4 is 5.73 Å². The molecule has 0 aliphatic carbocycles. The van der Waals surface area contributed by atoms with Gasteiger partial charge in [0.25, 0.3) is 0 Å². The molecule has 12 heavy (non-hydrogen) atoms. The van der Waals surface area contributed by atoms with Crippen LogP contribution in [0.15, 0.2) is 18.5 Å². The number of nitrogens with zero attached hydrogens (tertiary/aromatic N) is 2. The topological polar surface area (TPSA) is 43.8 Å². The van der Waals surface area contributed by atoms with Crippen molar-refractivity contribution in [2.45, 2.75) is 26.3 Å². The van der Waals surface area contributed by atoms with E-state index in [9.17, 15) is 0 Å². The molecule has 2 N–H and O–H groups in total. The van der Waals surface area contributed by atoms with E-state index in [1.54, 1.807) is 6.20 Å². The monoisotopic (exact) mass is 167 g/mol. The Bertz CT molecular complexity index is 204. The molecule has 0 saturated heterocycles. The lowest BCUT2D eigenvalue weighted by Gasteiger charge is -2.17. The van der Waals surface area contributed by atoms with Gasteiger partial charge in [0.15, 0.2) is 0 Å². The molecule has 0 spiro atoms. The van der Waals surface area contributed by atoms with E-state index in [1.807, 2.05) is 16.9 Å². The quantitative estimate of drug-likeness (QED) is 0.737. The fraction of sp³-hybridized carbons (Fsp3) is 0.667. The second-order valence-corrected chi connectivity index (χ2v) is 3.51. The van der Waals surface area contributed by atoms with Crippen molar-refractivity contribution in [3.63, 3.8) is 0 Å². The van der Waals surface area contributed by atoms with Crippen molar-refractivity contribution < 1.29 is 0 Å². The molecule has 0 radical (unpaired) electrons. The first-order valence-electron chi connectivity index (χ1n) is 4.43. The SMILES string of the molecule is CC(C)CC(CN)n1cccn1. The van der Waals surface area contributed by atoms with Crippen molar-refractivity contribution in [1.82, 2.24) is 9.78 Å². The van der Waals surface area contributed by atoms with E-state index < -0.39 is 0 Å². The molecule has 0 amide bonds. The Morgan fingerprint density at radius 3 is 2.67 bits per heavy atom. The van der Waals surface area contributed by atoms with Gasteiger partial charge in [-0.25, -0.2) is 0 Å². The van der Waals surface area contributed by atoms with E-state index in [2.05, 4.69) is 18.9 Å². The Kier molecular flexibility index (Phi) is 3.29. The Labute approximate surface area is 73.6 Å². The summed E-state index contributed by atoms with van der Waals surface area (Å²) in [4.78, 5) is 0. The minimum atomic E-state index is 0.361. The Morgan fingerprint density at radius 2 is 2.25 bits per heavy atom. The summed E-state index contributed by atoms with van der Waals surface area (Å²) in [7, 11) is 0. The van der Waals surface area contributed by atoms with E-state index in [0.29, 0.717) is 18.5 Å². The Morgan fingerprint density at radius 1 is 1.50 bits per heavy atom. The standard InChI is InChI=1S/C9H17N3/c1-8(2)6-9(7-10)12-5-3-4-11-12/h3-5,8-9H,6-7,10H2,1-2H3. The minimum Gasteiger partial charge on any atom is -0.328 e. The molecule has 3 heteroatoms. The molecular formula is C9H17N3. The van der Waals surface area contributed by atoms with Gasteiger partial charge in [-0.2, -0.15) is 5.10 Å². The predicted octanol–water partition coefficient (Wildman–Crippen LogP) is 1.43. The van der Waals surface area contributed by atoms with Crippen LogP contribution in [0, 0.1) is 5.92 Å². The zero-order valence-electron chi connectivity index (χ0n) is 7.77. The summed E-state index contributed by atoms with van der Waals surface area (Å²) in [6, 6.07) is 2.29. The average molecular weight is 167 g/mol. The first kappa shape index (κ1) is 9.26. The molecule has 0 saturated carbocycles. The van der Waals surface area contributed by atoms with E-state index in [-0.39, 0.29) is 0 Å². The first-order chi connectivity index (χ1) is 5.74. The van der Waals surface area contributed by atoms with Crippen LogP contribution in [-0.2, 0) is 0 Å². The third kappa shape index (κ3) is 2.34. The highest BCUT2D eigenvalue weighted by Crippen LogP contribution is 2.14. The second-order valence-electron chi connectivity index (χ2n) is 3.51. The molecule has 0 aromatic carbocycles. The summed E-state index contributed by atoms with van der Waals surface area (Å²) >= 11 is 0. The number of aromatic nitrogens is 2. The molecule has 1 aromatic heterocycles. The predicted molar refractivity (Wildman–Crippen MR) is 49.8 cm³/mol. The number of hydrogen-bond acceptors (Lipinski definition) is 2. The summed E-state index contributed by atoms with van der Waals surface area (Å²) in [5, 5.41) is 4.18. The van der Waals surface area contributed by atoms with Crippen LogP contribution in [0.4, 0.5) is 0 Å². The van der Waals surface area contributed by atoms with Gasteiger partial charge in [0.1, 0.15) is 0 Å². The van der Waals surface area contributed by atoms with E-state index >= 15 is 0 Å². The van der Waals surface area contributed by atoms with Gasteiger partial charge in [-0.05, 0) is 18.4 Å². The Hall–Kier alpha value is -0.830. The molecule has 0 bridgehead atoms. The zero-order chi connectivity index (χ0) is 8.97. The molecule has 1 aromatic rings. The summed E-state index contributed by atoms with van der Waals surface area (Å²) in [6.07, 6.45) is 4.86. The number of nitrogens with two attached hydrogens (primary N) is 1. The van der Waals surface area contributed by atoms with Gasteiger partial charge in [0, 0.05) is 18.9 Å². The first-order valence-corrected chi connectivity index (χ1v) is 4.43. The van der Waals surface area contributed by atoms with Crippen molar-refractivity contribution in [2.24, 2.45) is 11.7 Å². The number of hydrogen-bond donors (Lipinski definition) is 1. The van der Waals surface area contributed by atoms with Crippen molar-refractivity contribution >= 4 is 0 Å². The molecule has 3 nitrogen and oxygen atoms in total. The molecule has 1 heterocycles.